The lowest BCUT2D eigenvalue weighted by Crippen LogP contribution is -2.54. The molecule has 1 aliphatic carbocycles. The van der Waals surface area contributed by atoms with Gasteiger partial charge in [0.1, 0.15) is 0 Å². The first-order chi connectivity index (χ1) is 9.15. The number of nitrogens with two attached hydrogens (primary N) is 2. The van der Waals surface area contributed by atoms with E-state index >= 15 is 0 Å². The van der Waals surface area contributed by atoms with E-state index in [9.17, 15) is 4.79 Å². The molecule has 0 aromatic heterocycles. The number of carbonyl (C=O) groups is 1. The zero-order valence-corrected chi connectivity index (χ0v) is 11.9. The average Bonchev–Trinajstić information content (AvgIpc) is 2.86. The van der Waals surface area contributed by atoms with Crippen molar-refractivity contribution in [2.45, 2.75) is 51.1 Å². The maximum atomic E-state index is 12.6. The standard InChI is InChI=1S/C14H27N3O2/c1-10-3-2-4-12(10)17(9-15)14(18)13(16)11-5-7-19-8-6-11/h10-13H,2-9,15-16H2,1H3. The molecule has 1 saturated carbocycles. The van der Waals surface area contributed by atoms with Crippen molar-refractivity contribution in [3.8, 4) is 0 Å². The smallest absolute Gasteiger partial charge is 0.241 e. The van der Waals surface area contributed by atoms with E-state index in [2.05, 4.69) is 6.92 Å². The Hall–Kier alpha value is -0.650. The van der Waals surface area contributed by atoms with Crippen molar-refractivity contribution in [2.75, 3.05) is 19.9 Å². The molecule has 0 radical (unpaired) electrons. The lowest BCUT2D eigenvalue weighted by molar-refractivity contribution is -0.137. The van der Waals surface area contributed by atoms with E-state index in [-0.39, 0.29) is 24.5 Å². The molecule has 2 rings (SSSR count). The Morgan fingerprint density at radius 2 is 2.00 bits per heavy atom. The summed E-state index contributed by atoms with van der Waals surface area (Å²) in [6.07, 6.45) is 5.19. The maximum absolute atomic E-state index is 12.6. The summed E-state index contributed by atoms with van der Waals surface area (Å²) in [5.74, 6) is 0.814. The van der Waals surface area contributed by atoms with Crippen LogP contribution in [0, 0.1) is 11.8 Å². The Balaban J connectivity index is 1.98. The molecule has 0 aromatic rings. The van der Waals surface area contributed by atoms with Crippen molar-refractivity contribution in [3.05, 3.63) is 0 Å². The van der Waals surface area contributed by atoms with E-state index in [0.717, 1.165) is 19.3 Å². The fraction of sp³-hybridized carbons (Fsp3) is 0.929. The second-order valence-electron chi connectivity index (χ2n) is 5.94. The molecule has 0 spiro atoms. The molecule has 2 fully saturated rings. The Morgan fingerprint density at radius 3 is 2.53 bits per heavy atom. The minimum atomic E-state index is -0.416. The van der Waals surface area contributed by atoms with Crippen molar-refractivity contribution in [3.63, 3.8) is 0 Å². The number of hydrogen-bond donors (Lipinski definition) is 2. The molecular formula is C14H27N3O2. The van der Waals surface area contributed by atoms with E-state index in [1.54, 1.807) is 0 Å². The summed E-state index contributed by atoms with van der Waals surface area (Å²) < 4.78 is 5.33. The highest BCUT2D eigenvalue weighted by molar-refractivity contribution is 5.82. The number of rotatable bonds is 4. The lowest BCUT2D eigenvalue weighted by Gasteiger charge is -2.35. The van der Waals surface area contributed by atoms with Crippen molar-refractivity contribution in [2.24, 2.45) is 23.3 Å². The third-order valence-corrected chi connectivity index (χ3v) is 4.76. The van der Waals surface area contributed by atoms with Crippen LogP contribution in [0.4, 0.5) is 0 Å². The molecule has 110 valence electrons. The quantitative estimate of drug-likeness (QED) is 0.735. The first kappa shape index (κ1) is 14.8. The van der Waals surface area contributed by atoms with Crippen LogP contribution in [-0.4, -0.2) is 42.8 Å². The van der Waals surface area contributed by atoms with Crippen LogP contribution in [-0.2, 0) is 9.53 Å². The summed E-state index contributed by atoms with van der Waals surface area (Å²) in [6, 6.07) is -0.136. The number of nitrogens with zero attached hydrogens (tertiary/aromatic N) is 1. The molecule has 0 aromatic carbocycles. The van der Waals surface area contributed by atoms with Gasteiger partial charge in [-0.05, 0) is 37.5 Å². The lowest BCUT2D eigenvalue weighted by atomic mass is 9.91. The summed E-state index contributed by atoms with van der Waals surface area (Å²) in [5, 5.41) is 0. The van der Waals surface area contributed by atoms with Crippen LogP contribution in [0.3, 0.4) is 0 Å². The van der Waals surface area contributed by atoms with Crippen molar-refractivity contribution >= 4 is 5.91 Å². The van der Waals surface area contributed by atoms with E-state index in [1.165, 1.54) is 12.8 Å². The van der Waals surface area contributed by atoms with Gasteiger partial charge >= 0.3 is 0 Å². The molecule has 1 heterocycles. The van der Waals surface area contributed by atoms with Crippen LogP contribution < -0.4 is 11.5 Å². The van der Waals surface area contributed by atoms with Crippen LogP contribution in [0.1, 0.15) is 39.0 Å². The van der Waals surface area contributed by atoms with Gasteiger partial charge < -0.3 is 21.1 Å². The van der Waals surface area contributed by atoms with Crippen molar-refractivity contribution in [1.82, 2.24) is 4.90 Å². The Labute approximate surface area is 115 Å². The first-order valence-corrected chi connectivity index (χ1v) is 7.49. The molecule has 3 unspecified atom stereocenters. The highest BCUT2D eigenvalue weighted by atomic mass is 16.5. The summed E-state index contributed by atoms with van der Waals surface area (Å²) in [4.78, 5) is 14.4. The predicted octanol–water partition coefficient (Wildman–Crippen LogP) is 0.674. The van der Waals surface area contributed by atoms with Crippen LogP contribution in [0.5, 0.6) is 0 Å². The number of amides is 1. The minimum absolute atomic E-state index is 0.0353. The molecule has 5 nitrogen and oxygen atoms in total. The number of ether oxygens (including phenoxy) is 1. The molecule has 3 atom stereocenters. The third kappa shape index (κ3) is 3.27. The molecule has 0 bridgehead atoms. The van der Waals surface area contributed by atoms with Gasteiger partial charge in [-0.1, -0.05) is 13.3 Å². The maximum Gasteiger partial charge on any atom is 0.241 e. The van der Waals surface area contributed by atoms with Crippen LogP contribution >= 0.6 is 0 Å². The van der Waals surface area contributed by atoms with Crippen LogP contribution in [0.25, 0.3) is 0 Å². The topological polar surface area (TPSA) is 81.6 Å². The molecule has 1 amide bonds. The zero-order chi connectivity index (χ0) is 13.8. The van der Waals surface area contributed by atoms with Gasteiger partial charge in [0.25, 0.3) is 0 Å². The van der Waals surface area contributed by atoms with Crippen LogP contribution in [0.2, 0.25) is 0 Å². The van der Waals surface area contributed by atoms with Gasteiger partial charge in [0, 0.05) is 19.3 Å². The highest BCUT2D eigenvalue weighted by Gasteiger charge is 2.36. The van der Waals surface area contributed by atoms with Gasteiger partial charge in [-0.15, -0.1) is 0 Å². The van der Waals surface area contributed by atoms with E-state index in [0.29, 0.717) is 19.1 Å². The van der Waals surface area contributed by atoms with E-state index in [4.69, 9.17) is 16.2 Å². The normalized spacial score (nSPS) is 30.3. The second-order valence-corrected chi connectivity index (χ2v) is 5.94. The van der Waals surface area contributed by atoms with Crippen LogP contribution in [0.15, 0.2) is 0 Å². The fourth-order valence-corrected chi connectivity index (χ4v) is 3.45. The predicted molar refractivity (Wildman–Crippen MR) is 74.2 cm³/mol. The molecule has 19 heavy (non-hydrogen) atoms. The van der Waals surface area contributed by atoms with Crippen molar-refractivity contribution < 1.29 is 9.53 Å². The molecular weight excluding hydrogens is 242 g/mol. The van der Waals surface area contributed by atoms with Gasteiger partial charge in [0.05, 0.1) is 12.7 Å². The van der Waals surface area contributed by atoms with Gasteiger partial charge in [0.2, 0.25) is 5.91 Å². The van der Waals surface area contributed by atoms with E-state index in [1.807, 2.05) is 4.90 Å². The average molecular weight is 269 g/mol. The first-order valence-electron chi connectivity index (χ1n) is 7.49. The highest BCUT2D eigenvalue weighted by Crippen LogP contribution is 2.30. The second kappa shape index (κ2) is 6.68. The summed E-state index contributed by atoms with van der Waals surface area (Å²) in [7, 11) is 0. The van der Waals surface area contributed by atoms with Gasteiger partial charge in [-0.2, -0.15) is 0 Å². The van der Waals surface area contributed by atoms with Crippen molar-refractivity contribution in [1.29, 1.82) is 0 Å². The third-order valence-electron chi connectivity index (χ3n) is 4.76. The number of carbonyl (C=O) groups excluding carboxylic acids is 1. The van der Waals surface area contributed by atoms with Gasteiger partial charge in [-0.25, -0.2) is 0 Å². The largest absolute Gasteiger partial charge is 0.381 e. The monoisotopic (exact) mass is 269 g/mol. The SMILES string of the molecule is CC1CCCC1N(CN)C(=O)C(N)C1CCOCC1. The Kier molecular flexibility index (Phi) is 5.19. The van der Waals surface area contributed by atoms with Gasteiger partial charge in [-0.3, -0.25) is 4.79 Å². The summed E-state index contributed by atoms with van der Waals surface area (Å²) in [5.41, 5.74) is 12.0. The zero-order valence-electron chi connectivity index (χ0n) is 11.9. The molecule has 4 N–H and O–H groups in total. The van der Waals surface area contributed by atoms with E-state index < -0.39 is 6.04 Å². The summed E-state index contributed by atoms with van der Waals surface area (Å²) in [6.45, 7) is 3.92. The Morgan fingerprint density at radius 1 is 1.32 bits per heavy atom. The molecule has 1 saturated heterocycles. The summed E-state index contributed by atoms with van der Waals surface area (Å²) >= 11 is 0. The number of hydrogen-bond acceptors (Lipinski definition) is 4. The van der Waals surface area contributed by atoms with Gasteiger partial charge in [0.15, 0.2) is 0 Å². The molecule has 5 heteroatoms. The minimum Gasteiger partial charge on any atom is -0.381 e. The fourth-order valence-electron chi connectivity index (χ4n) is 3.45. The Bertz CT molecular complexity index is 305. The molecule has 1 aliphatic heterocycles. The molecule has 2 aliphatic rings.